The summed E-state index contributed by atoms with van der Waals surface area (Å²) >= 11 is 0. The molecule has 6 heteroatoms. The van der Waals surface area contributed by atoms with Crippen LogP contribution in [0.2, 0.25) is 0 Å². The molecule has 0 bridgehead atoms. The molecular weight excluding hydrogens is 316 g/mol. The van der Waals surface area contributed by atoms with Gasteiger partial charge in [-0.25, -0.2) is 0 Å². The molecule has 1 aromatic carbocycles. The van der Waals surface area contributed by atoms with Crippen molar-refractivity contribution < 1.29 is 14.6 Å². The maximum Gasteiger partial charge on any atom is 0.252 e. The zero-order valence-corrected chi connectivity index (χ0v) is 14.4. The molecule has 1 saturated heterocycles. The van der Waals surface area contributed by atoms with Crippen LogP contribution in [-0.2, 0) is 9.53 Å². The molecule has 0 saturated carbocycles. The smallest absolute Gasteiger partial charge is 0.252 e. The van der Waals surface area contributed by atoms with Gasteiger partial charge in [0.2, 0.25) is 0 Å². The van der Waals surface area contributed by atoms with Crippen LogP contribution in [0.3, 0.4) is 0 Å². The van der Waals surface area contributed by atoms with Gasteiger partial charge in [-0.1, -0.05) is 30.3 Å². The third-order valence-corrected chi connectivity index (χ3v) is 4.47. The number of benzene rings is 1. The molecule has 130 valence electrons. The summed E-state index contributed by atoms with van der Waals surface area (Å²) in [6.07, 6.45) is 2.00. The number of carbonyl (C=O) groups excluding carboxylic acids is 1. The van der Waals surface area contributed by atoms with E-state index in [4.69, 9.17) is 4.74 Å². The summed E-state index contributed by atoms with van der Waals surface area (Å²) in [5, 5.41) is 15.5. The van der Waals surface area contributed by atoms with Crippen molar-refractivity contribution in [3.63, 3.8) is 0 Å². The molecule has 1 aliphatic rings. The number of amides is 1. The fraction of sp³-hybridized carbons (Fsp3) is 0.588. The Hall–Kier alpha value is -1.14. The molecule has 1 aromatic rings. The minimum absolute atomic E-state index is 0. The second kappa shape index (κ2) is 9.88. The highest BCUT2D eigenvalue weighted by molar-refractivity contribution is 5.85. The molecule has 1 heterocycles. The number of nitrogens with one attached hydrogen (secondary N) is 2. The van der Waals surface area contributed by atoms with Crippen LogP contribution >= 0.6 is 12.4 Å². The van der Waals surface area contributed by atoms with Gasteiger partial charge in [-0.2, -0.15) is 0 Å². The molecule has 1 unspecified atom stereocenters. The van der Waals surface area contributed by atoms with Crippen molar-refractivity contribution in [1.82, 2.24) is 10.6 Å². The van der Waals surface area contributed by atoms with E-state index >= 15 is 0 Å². The zero-order chi connectivity index (χ0) is 15.8. The van der Waals surface area contributed by atoms with Gasteiger partial charge < -0.3 is 20.5 Å². The number of hydrogen-bond acceptors (Lipinski definition) is 4. The van der Waals surface area contributed by atoms with Gasteiger partial charge in [0.1, 0.15) is 5.60 Å². The molecule has 23 heavy (non-hydrogen) atoms. The molecule has 0 aromatic heterocycles. The van der Waals surface area contributed by atoms with Crippen molar-refractivity contribution in [1.29, 1.82) is 0 Å². The van der Waals surface area contributed by atoms with E-state index in [-0.39, 0.29) is 30.8 Å². The van der Waals surface area contributed by atoms with Gasteiger partial charge in [-0.3, -0.25) is 4.79 Å². The summed E-state index contributed by atoms with van der Waals surface area (Å²) in [4.78, 5) is 12.6. The van der Waals surface area contributed by atoms with Crippen molar-refractivity contribution in [2.75, 3.05) is 33.4 Å². The van der Waals surface area contributed by atoms with E-state index < -0.39 is 5.60 Å². The Morgan fingerprint density at radius 2 is 2.00 bits per heavy atom. The van der Waals surface area contributed by atoms with Crippen molar-refractivity contribution in [2.45, 2.75) is 30.8 Å². The Kier molecular flexibility index (Phi) is 8.55. The lowest BCUT2D eigenvalue weighted by Crippen LogP contribution is -2.54. The van der Waals surface area contributed by atoms with Gasteiger partial charge in [0.15, 0.2) is 0 Å². The maximum atomic E-state index is 12.6. The molecule has 5 nitrogen and oxygen atoms in total. The number of ether oxygens (including phenoxy) is 1. The Bertz CT molecular complexity index is 464. The first-order valence-electron chi connectivity index (χ1n) is 7.92. The van der Waals surface area contributed by atoms with Gasteiger partial charge in [0, 0.05) is 26.2 Å². The third-order valence-electron chi connectivity index (χ3n) is 4.47. The standard InChI is InChI=1S/C17H26N2O3.ClH/c1-22-17(8-10-18-11-9-17)16(21)19-13-15(7-12-20)14-5-3-2-4-6-14;/h2-6,15,18,20H,7-13H2,1H3,(H,19,21);1H. The highest BCUT2D eigenvalue weighted by Gasteiger charge is 2.39. The van der Waals surface area contributed by atoms with Gasteiger partial charge >= 0.3 is 0 Å². The average Bonchev–Trinajstić information content (AvgIpc) is 2.59. The zero-order valence-electron chi connectivity index (χ0n) is 13.6. The number of piperidine rings is 1. The van der Waals surface area contributed by atoms with E-state index in [9.17, 15) is 9.90 Å². The number of halogens is 1. The first kappa shape index (κ1) is 19.9. The number of carbonyl (C=O) groups is 1. The fourth-order valence-electron chi connectivity index (χ4n) is 3.00. The highest BCUT2D eigenvalue weighted by atomic mass is 35.5. The molecule has 1 atom stereocenters. The largest absolute Gasteiger partial charge is 0.396 e. The Morgan fingerprint density at radius 3 is 2.57 bits per heavy atom. The monoisotopic (exact) mass is 342 g/mol. The van der Waals surface area contributed by atoms with E-state index in [1.807, 2.05) is 30.3 Å². The van der Waals surface area contributed by atoms with E-state index in [1.54, 1.807) is 7.11 Å². The molecule has 3 N–H and O–H groups in total. The highest BCUT2D eigenvalue weighted by Crippen LogP contribution is 2.24. The number of hydrogen-bond donors (Lipinski definition) is 3. The fourth-order valence-corrected chi connectivity index (χ4v) is 3.00. The summed E-state index contributed by atoms with van der Waals surface area (Å²) in [7, 11) is 1.60. The predicted molar refractivity (Wildman–Crippen MR) is 93.0 cm³/mol. The van der Waals surface area contributed by atoms with Gasteiger partial charge in [0.25, 0.3) is 5.91 Å². The van der Waals surface area contributed by atoms with Crippen LogP contribution in [0, 0.1) is 0 Å². The van der Waals surface area contributed by atoms with Crippen molar-refractivity contribution in [2.24, 2.45) is 0 Å². The van der Waals surface area contributed by atoms with E-state index in [0.29, 0.717) is 25.8 Å². The molecular formula is C17H27ClN2O3. The number of aliphatic hydroxyl groups excluding tert-OH is 1. The van der Waals surface area contributed by atoms with Crippen LogP contribution in [0.1, 0.15) is 30.7 Å². The van der Waals surface area contributed by atoms with Crippen LogP contribution in [0.15, 0.2) is 30.3 Å². The second-order valence-electron chi connectivity index (χ2n) is 5.78. The maximum absolute atomic E-state index is 12.6. The lowest BCUT2D eigenvalue weighted by Gasteiger charge is -2.35. The third kappa shape index (κ3) is 5.18. The Labute approximate surface area is 144 Å². The minimum atomic E-state index is -0.717. The molecule has 0 radical (unpaired) electrons. The molecule has 1 aliphatic heterocycles. The summed E-state index contributed by atoms with van der Waals surface area (Å²) in [5.74, 6) is 0.0705. The summed E-state index contributed by atoms with van der Waals surface area (Å²) < 4.78 is 5.54. The number of methoxy groups -OCH3 is 1. The summed E-state index contributed by atoms with van der Waals surface area (Å²) in [5.41, 5.74) is 0.416. The molecule has 0 aliphatic carbocycles. The van der Waals surface area contributed by atoms with E-state index in [2.05, 4.69) is 10.6 Å². The Morgan fingerprint density at radius 1 is 1.35 bits per heavy atom. The minimum Gasteiger partial charge on any atom is -0.396 e. The predicted octanol–water partition coefficient (Wildman–Crippen LogP) is 1.46. The van der Waals surface area contributed by atoms with Crippen molar-refractivity contribution in [3.05, 3.63) is 35.9 Å². The summed E-state index contributed by atoms with van der Waals surface area (Å²) in [6, 6.07) is 9.98. The molecule has 0 spiro atoms. The lowest BCUT2D eigenvalue weighted by atomic mass is 9.90. The van der Waals surface area contributed by atoms with Crippen molar-refractivity contribution >= 4 is 18.3 Å². The molecule has 1 fully saturated rings. The molecule has 2 rings (SSSR count). The van der Waals surface area contributed by atoms with Crippen LogP contribution in [0.5, 0.6) is 0 Å². The molecule has 1 amide bonds. The van der Waals surface area contributed by atoms with Gasteiger partial charge in [-0.05, 0) is 37.9 Å². The topological polar surface area (TPSA) is 70.6 Å². The van der Waals surface area contributed by atoms with E-state index in [0.717, 1.165) is 18.7 Å². The first-order chi connectivity index (χ1) is 10.7. The van der Waals surface area contributed by atoms with Crippen LogP contribution < -0.4 is 10.6 Å². The van der Waals surface area contributed by atoms with Crippen LogP contribution in [-0.4, -0.2) is 50.0 Å². The number of rotatable bonds is 7. The summed E-state index contributed by atoms with van der Waals surface area (Å²) in [6.45, 7) is 2.21. The van der Waals surface area contributed by atoms with Crippen LogP contribution in [0.4, 0.5) is 0 Å². The SMILES string of the molecule is COC1(C(=O)NCC(CCO)c2ccccc2)CCNCC1.Cl. The lowest BCUT2D eigenvalue weighted by molar-refractivity contribution is -0.146. The van der Waals surface area contributed by atoms with Gasteiger partial charge in [0.05, 0.1) is 0 Å². The normalized spacial score (nSPS) is 17.8. The van der Waals surface area contributed by atoms with Crippen LogP contribution in [0.25, 0.3) is 0 Å². The average molecular weight is 343 g/mol. The van der Waals surface area contributed by atoms with Gasteiger partial charge in [-0.15, -0.1) is 12.4 Å². The number of aliphatic hydroxyl groups is 1. The van der Waals surface area contributed by atoms with E-state index in [1.165, 1.54) is 0 Å². The quantitative estimate of drug-likeness (QED) is 0.701. The first-order valence-corrected chi connectivity index (χ1v) is 7.92. The Balaban J connectivity index is 0.00000264. The second-order valence-corrected chi connectivity index (χ2v) is 5.78. The van der Waals surface area contributed by atoms with Crippen molar-refractivity contribution in [3.8, 4) is 0 Å².